The molecule has 21 heavy (non-hydrogen) atoms. The van der Waals surface area contributed by atoms with E-state index in [1.165, 1.54) is 6.07 Å². The summed E-state index contributed by atoms with van der Waals surface area (Å²) in [5.74, 6) is 0.277. The van der Waals surface area contributed by atoms with Crippen LogP contribution in [-0.4, -0.2) is 17.5 Å². The van der Waals surface area contributed by atoms with Gasteiger partial charge in [0.25, 0.3) is 11.5 Å². The van der Waals surface area contributed by atoms with E-state index in [-0.39, 0.29) is 5.56 Å². The fraction of sp³-hybridized carbons (Fsp3) is 0.250. The van der Waals surface area contributed by atoms with E-state index in [1.54, 1.807) is 19.1 Å². The fourth-order valence-electron chi connectivity index (χ4n) is 2.43. The lowest BCUT2D eigenvalue weighted by Crippen LogP contribution is -2.24. The van der Waals surface area contributed by atoms with Crippen molar-refractivity contribution in [1.82, 2.24) is 4.98 Å². The Labute approximate surface area is 122 Å². The third kappa shape index (κ3) is 2.67. The number of benzene rings is 1. The second-order valence-electron chi connectivity index (χ2n) is 5.08. The number of hydrogen-bond donors (Lipinski definition) is 2. The third-order valence-corrected chi connectivity index (χ3v) is 3.48. The van der Waals surface area contributed by atoms with Gasteiger partial charge < -0.3 is 15.0 Å². The quantitative estimate of drug-likeness (QED) is 0.888. The minimum Gasteiger partial charge on any atom is -0.491 e. The highest BCUT2D eigenvalue weighted by molar-refractivity contribution is 6.04. The van der Waals surface area contributed by atoms with Gasteiger partial charge in [0.2, 0.25) is 0 Å². The number of rotatable bonds is 2. The van der Waals surface area contributed by atoms with Crippen LogP contribution in [0.15, 0.2) is 35.1 Å². The second-order valence-corrected chi connectivity index (χ2v) is 5.08. The van der Waals surface area contributed by atoms with Crippen molar-refractivity contribution in [2.24, 2.45) is 0 Å². The van der Waals surface area contributed by atoms with Crippen molar-refractivity contribution < 1.29 is 9.53 Å². The maximum absolute atomic E-state index is 12.2. The Morgan fingerprint density at radius 2 is 2.14 bits per heavy atom. The van der Waals surface area contributed by atoms with E-state index in [9.17, 15) is 9.59 Å². The van der Waals surface area contributed by atoms with Gasteiger partial charge in [0.1, 0.15) is 11.3 Å². The SMILES string of the molecule is Cc1ccc(C(=O)Nc2cccc3c2OCCC3)c(=O)[nH]1. The predicted molar refractivity (Wildman–Crippen MR) is 80.0 cm³/mol. The number of ether oxygens (including phenoxy) is 1. The molecular formula is C16H16N2O3. The fourth-order valence-corrected chi connectivity index (χ4v) is 2.43. The summed E-state index contributed by atoms with van der Waals surface area (Å²) in [4.78, 5) is 26.7. The lowest BCUT2D eigenvalue weighted by atomic mass is 10.1. The zero-order chi connectivity index (χ0) is 14.8. The molecule has 0 radical (unpaired) electrons. The van der Waals surface area contributed by atoms with E-state index in [4.69, 9.17) is 4.74 Å². The Morgan fingerprint density at radius 1 is 1.29 bits per heavy atom. The minimum absolute atomic E-state index is 0.0917. The summed E-state index contributed by atoms with van der Waals surface area (Å²) in [5, 5.41) is 2.76. The molecule has 0 atom stereocenters. The zero-order valence-corrected chi connectivity index (χ0v) is 11.7. The number of H-pyrrole nitrogens is 1. The van der Waals surface area contributed by atoms with Crippen molar-refractivity contribution in [3.05, 3.63) is 57.5 Å². The molecule has 0 unspecified atom stereocenters. The lowest BCUT2D eigenvalue weighted by molar-refractivity contribution is 0.102. The van der Waals surface area contributed by atoms with Crippen molar-refractivity contribution in [1.29, 1.82) is 0 Å². The molecule has 0 fully saturated rings. The molecule has 0 aliphatic carbocycles. The number of aryl methyl sites for hydroxylation is 2. The van der Waals surface area contributed by atoms with Gasteiger partial charge in [0.05, 0.1) is 12.3 Å². The number of aromatic nitrogens is 1. The Bertz CT molecular complexity index is 749. The molecule has 1 aliphatic heterocycles. The minimum atomic E-state index is -0.432. The summed E-state index contributed by atoms with van der Waals surface area (Å²) in [6, 6.07) is 8.88. The number of pyridine rings is 1. The van der Waals surface area contributed by atoms with Crippen LogP contribution >= 0.6 is 0 Å². The number of nitrogens with one attached hydrogen (secondary N) is 2. The van der Waals surface area contributed by atoms with Crippen molar-refractivity contribution in [2.75, 3.05) is 11.9 Å². The van der Waals surface area contributed by atoms with Gasteiger partial charge in [0, 0.05) is 5.69 Å². The first-order valence-corrected chi connectivity index (χ1v) is 6.91. The number of aromatic amines is 1. The number of amides is 1. The van der Waals surface area contributed by atoms with Crippen LogP contribution < -0.4 is 15.6 Å². The molecule has 5 nitrogen and oxygen atoms in total. The third-order valence-electron chi connectivity index (χ3n) is 3.48. The first-order chi connectivity index (χ1) is 10.1. The van der Waals surface area contributed by atoms with Gasteiger partial charge in [-0.2, -0.15) is 0 Å². The normalized spacial score (nSPS) is 13.2. The molecular weight excluding hydrogens is 268 g/mol. The maximum atomic E-state index is 12.2. The van der Waals surface area contributed by atoms with E-state index in [0.717, 1.165) is 24.1 Å². The van der Waals surface area contributed by atoms with Crippen LogP contribution in [-0.2, 0) is 6.42 Å². The number of carbonyl (C=O) groups is 1. The first kappa shape index (κ1) is 13.4. The largest absolute Gasteiger partial charge is 0.491 e. The summed E-state index contributed by atoms with van der Waals surface area (Å²) in [6.45, 7) is 2.41. The monoisotopic (exact) mass is 284 g/mol. The Hall–Kier alpha value is -2.56. The van der Waals surface area contributed by atoms with Gasteiger partial charge >= 0.3 is 0 Å². The molecule has 0 bridgehead atoms. The molecule has 2 N–H and O–H groups in total. The van der Waals surface area contributed by atoms with Crippen molar-refractivity contribution in [3.63, 3.8) is 0 Å². The van der Waals surface area contributed by atoms with Crippen LogP contribution in [0.3, 0.4) is 0 Å². The Balaban J connectivity index is 1.90. The number of fused-ring (bicyclic) bond motifs is 1. The molecule has 0 saturated heterocycles. The highest BCUT2D eigenvalue weighted by atomic mass is 16.5. The summed E-state index contributed by atoms with van der Waals surface area (Å²) in [6.07, 6.45) is 1.91. The summed E-state index contributed by atoms with van der Waals surface area (Å²) in [7, 11) is 0. The molecule has 3 rings (SSSR count). The first-order valence-electron chi connectivity index (χ1n) is 6.91. The van der Waals surface area contributed by atoms with E-state index in [2.05, 4.69) is 10.3 Å². The van der Waals surface area contributed by atoms with Crippen LogP contribution in [0.5, 0.6) is 5.75 Å². The van der Waals surface area contributed by atoms with Gasteiger partial charge in [-0.1, -0.05) is 12.1 Å². The summed E-state index contributed by atoms with van der Waals surface area (Å²) >= 11 is 0. The van der Waals surface area contributed by atoms with Crippen LogP contribution in [0, 0.1) is 6.92 Å². The molecule has 1 amide bonds. The number of para-hydroxylation sites is 1. The molecule has 5 heteroatoms. The van der Waals surface area contributed by atoms with E-state index >= 15 is 0 Å². The maximum Gasteiger partial charge on any atom is 0.261 e. The Morgan fingerprint density at radius 3 is 2.95 bits per heavy atom. The van der Waals surface area contributed by atoms with Gasteiger partial charge in [-0.3, -0.25) is 9.59 Å². The van der Waals surface area contributed by atoms with Gasteiger partial charge in [-0.25, -0.2) is 0 Å². The van der Waals surface area contributed by atoms with E-state index in [1.807, 2.05) is 12.1 Å². The van der Waals surface area contributed by atoms with Crippen LogP contribution in [0.4, 0.5) is 5.69 Å². The average Bonchev–Trinajstić information content (AvgIpc) is 2.47. The molecule has 0 spiro atoms. The number of anilines is 1. The van der Waals surface area contributed by atoms with Gasteiger partial charge in [0.15, 0.2) is 0 Å². The number of carbonyl (C=O) groups excluding carboxylic acids is 1. The van der Waals surface area contributed by atoms with E-state index in [0.29, 0.717) is 18.0 Å². The van der Waals surface area contributed by atoms with Crippen molar-refractivity contribution in [3.8, 4) is 5.75 Å². The van der Waals surface area contributed by atoms with Crippen LogP contribution in [0.1, 0.15) is 28.0 Å². The van der Waals surface area contributed by atoms with Crippen LogP contribution in [0.2, 0.25) is 0 Å². The highest BCUT2D eigenvalue weighted by Gasteiger charge is 2.17. The molecule has 2 aromatic rings. The molecule has 1 aliphatic rings. The average molecular weight is 284 g/mol. The topological polar surface area (TPSA) is 71.2 Å². The molecule has 2 heterocycles. The van der Waals surface area contributed by atoms with Gasteiger partial charge in [-0.15, -0.1) is 0 Å². The zero-order valence-electron chi connectivity index (χ0n) is 11.7. The summed E-state index contributed by atoms with van der Waals surface area (Å²) in [5.41, 5.74) is 2.11. The molecule has 108 valence electrons. The molecule has 1 aromatic heterocycles. The molecule has 0 saturated carbocycles. The predicted octanol–water partition coefficient (Wildman–Crippen LogP) is 2.26. The number of hydrogen-bond acceptors (Lipinski definition) is 3. The highest BCUT2D eigenvalue weighted by Crippen LogP contribution is 2.32. The van der Waals surface area contributed by atoms with E-state index < -0.39 is 11.5 Å². The standard InChI is InChI=1S/C16H16N2O3/c1-10-7-8-12(15(19)17-10)16(20)18-13-6-2-4-11-5-3-9-21-14(11)13/h2,4,6-8H,3,5,9H2,1H3,(H,17,19)(H,18,20). The van der Waals surface area contributed by atoms with Crippen molar-refractivity contribution in [2.45, 2.75) is 19.8 Å². The summed E-state index contributed by atoms with van der Waals surface area (Å²) < 4.78 is 5.64. The van der Waals surface area contributed by atoms with Crippen molar-refractivity contribution >= 4 is 11.6 Å². The Kier molecular flexibility index (Phi) is 3.48. The van der Waals surface area contributed by atoms with Crippen LogP contribution in [0.25, 0.3) is 0 Å². The second kappa shape index (κ2) is 5.44. The van der Waals surface area contributed by atoms with Gasteiger partial charge in [-0.05, 0) is 43.5 Å². The smallest absolute Gasteiger partial charge is 0.261 e. The molecule has 1 aromatic carbocycles. The lowest BCUT2D eigenvalue weighted by Gasteiger charge is -2.20.